The molecule has 2 aromatic carbocycles. The Morgan fingerprint density at radius 1 is 0.842 bits per heavy atom. The molecule has 0 atom stereocenters. The first-order chi connectivity index (χ1) is 9.34. The third-order valence-corrected chi connectivity index (χ3v) is 2.78. The van der Waals surface area contributed by atoms with E-state index in [1.165, 1.54) is 0 Å². The Balaban J connectivity index is 2.07. The number of hydrogen-bond donors (Lipinski definition) is 0. The molecule has 4 heteroatoms. The fraction of sp³-hybridized carbons (Fsp3) is 0. The average molecular weight is 250 g/mol. The standard InChI is InChI=1S/C15H11N3O/c19-14-9-8-13(12-7-4-10-16-15(12)14)18-17-11-5-2-1-3-6-11/h1-10,19H/p+1. The molecule has 0 radical (unpaired) electrons. The second kappa shape index (κ2) is 4.86. The Hall–Kier alpha value is -2.75. The molecule has 0 saturated heterocycles. The third-order valence-electron chi connectivity index (χ3n) is 2.78. The molecule has 0 unspecified atom stereocenters. The van der Waals surface area contributed by atoms with Crippen molar-refractivity contribution in [3.05, 3.63) is 60.8 Å². The Kier molecular flexibility index (Phi) is 2.90. The molecule has 0 aliphatic heterocycles. The van der Waals surface area contributed by atoms with E-state index in [4.69, 9.17) is 5.11 Å². The highest BCUT2D eigenvalue weighted by Gasteiger charge is 2.08. The largest absolute Gasteiger partial charge is 0.592 e. The summed E-state index contributed by atoms with van der Waals surface area (Å²) in [7, 11) is 0. The van der Waals surface area contributed by atoms with Crippen LogP contribution in [0.3, 0.4) is 0 Å². The van der Waals surface area contributed by atoms with Crippen molar-refractivity contribution < 1.29 is 5.11 Å². The van der Waals surface area contributed by atoms with Crippen LogP contribution in [0.25, 0.3) is 10.9 Å². The molecule has 1 heterocycles. The molecular weight excluding hydrogens is 238 g/mol. The highest BCUT2D eigenvalue weighted by atomic mass is 16.3. The molecule has 3 rings (SSSR count). The molecule has 0 saturated carbocycles. The maximum Gasteiger partial charge on any atom is 0.280 e. The van der Waals surface area contributed by atoms with Crippen LogP contribution < -0.4 is 0 Å². The van der Waals surface area contributed by atoms with Gasteiger partial charge in [-0.25, -0.2) is 4.98 Å². The van der Waals surface area contributed by atoms with E-state index in [2.05, 4.69) is 15.2 Å². The summed E-state index contributed by atoms with van der Waals surface area (Å²) in [5.74, 6) is 0.397. The van der Waals surface area contributed by atoms with Gasteiger partial charge < -0.3 is 5.11 Å². The Morgan fingerprint density at radius 2 is 1.68 bits per heavy atom. The summed E-state index contributed by atoms with van der Waals surface area (Å²) in [5.41, 5.74) is 2.17. The Bertz CT molecular complexity index is 739. The fourth-order valence-corrected chi connectivity index (χ4v) is 1.85. The molecule has 4 nitrogen and oxygen atoms in total. The molecule has 92 valence electrons. The van der Waals surface area contributed by atoms with Crippen LogP contribution in [0.5, 0.6) is 5.75 Å². The van der Waals surface area contributed by atoms with Gasteiger partial charge in [0.05, 0.1) is 11.4 Å². The van der Waals surface area contributed by atoms with Crippen LogP contribution in [0.4, 0.5) is 11.4 Å². The molecule has 0 aliphatic carbocycles. The summed E-state index contributed by atoms with van der Waals surface area (Å²) in [6.45, 7) is 0. The highest BCUT2D eigenvalue weighted by Crippen LogP contribution is 2.31. The number of hydrogen-bond acceptors (Lipinski definition) is 3. The molecule has 0 aliphatic rings. The predicted molar refractivity (Wildman–Crippen MR) is 75.4 cm³/mol. The maximum atomic E-state index is 7.82. The molecule has 0 bridgehead atoms. The molecule has 0 amide bonds. The van der Waals surface area contributed by atoms with E-state index in [1.54, 1.807) is 18.3 Å². The van der Waals surface area contributed by atoms with Crippen LogP contribution in [-0.2, 0) is 0 Å². The second-order valence-corrected chi connectivity index (χ2v) is 4.07. The van der Waals surface area contributed by atoms with Gasteiger partial charge in [-0.1, -0.05) is 18.2 Å². The molecule has 3 aromatic rings. The Labute approximate surface area is 110 Å². The molecule has 0 spiro atoms. The minimum absolute atomic E-state index is 0.397. The lowest BCUT2D eigenvalue weighted by atomic mass is 10.2. The van der Waals surface area contributed by atoms with Gasteiger partial charge >= 0.3 is 0 Å². The van der Waals surface area contributed by atoms with Crippen LogP contribution in [0.15, 0.2) is 71.0 Å². The summed E-state index contributed by atoms with van der Waals surface area (Å²) < 4.78 is 0. The second-order valence-electron chi connectivity index (χ2n) is 4.07. The average Bonchev–Trinajstić information content (AvgIpc) is 2.48. The highest BCUT2D eigenvalue weighted by molar-refractivity contribution is 5.93. The summed E-state index contributed by atoms with van der Waals surface area (Å²) >= 11 is 0. The first kappa shape index (κ1) is 11.3. The van der Waals surface area contributed by atoms with Crippen LogP contribution >= 0.6 is 0 Å². The SMILES string of the molecule is [OH2+]c1ccc(N=Nc2ccccc2)c2cccnc12. The van der Waals surface area contributed by atoms with Gasteiger partial charge in [0.15, 0.2) is 5.52 Å². The number of benzene rings is 2. The van der Waals surface area contributed by atoms with E-state index in [-0.39, 0.29) is 0 Å². The van der Waals surface area contributed by atoms with E-state index in [9.17, 15) is 0 Å². The summed E-state index contributed by atoms with van der Waals surface area (Å²) in [5, 5.41) is 17.1. The van der Waals surface area contributed by atoms with E-state index in [1.807, 2.05) is 42.5 Å². The van der Waals surface area contributed by atoms with Gasteiger partial charge in [0.1, 0.15) is 0 Å². The van der Waals surface area contributed by atoms with Crippen molar-refractivity contribution in [3.63, 3.8) is 0 Å². The van der Waals surface area contributed by atoms with Gasteiger partial charge in [-0.2, -0.15) is 5.11 Å². The minimum atomic E-state index is 0.397. The Morgan fingerprint density at radius 3 is 2.53 bits per heavy atom. The number of pyridine rings is 1. The van der Waals surface area contributed by atoms with Crippen molar-refractivity contribution in [1.82, 2.24) is 4.98 Å². The number of azo groups is 1. The first-order valence-electron chi connectivity index (χ1n) is 5.91. The van der Waals surface area contributed by atoms with Crippen LogP contribution in [0, 0.1) is 0 Å². The zero-order valence-electron chi connectivity index (χ0n) is 10.1. The van der Waals surface area contributed by atoms with Crippen molar-refractivity contribution in [3.8, 4) is 5.75 Å². The van der Waals surface area contributed by atoms with Gasteiger partial charge in [-0.05, 0) is 30.3 Å². The lowest BCUT2D eigenvalue weighted by molar-refractivity contribution is 0.480. The van der Waals surface area contributed by atoms with Gasteiger partial charge in [0.2, 0.25) is 0 Å². The van der Waals surface area contributed by atoms with Crippen LogP contribution in [-0.4, -0.2) is 10.1 Å². The van der Waals surface area contributed by atoms with Gasteiger partial charge in [-0.15, -0.1) is 5.11 Å². The topological polar surface area (TPSA) is 60.5 Å². The van der Waals surface area contributed by atoms with E-state index in [0.29, 0.717) is 11.3 Å². The van der Waals surface area contributed by atoms with Crippen molar-refractivity contribution in [1.29, 1.82) is 0 Å². The number of nitrogens with zero attached hydrogens (tertiary/aromatic N) is 3. The fourth-order valence-electron chi connectivity index (χ4n) is 1.85. The maximum absolute atomic E-state index is 7.82. The predicted octanol–water partition coefficient (Wildman–Crippen LogP) is 4.09. The van der Waals surface area contributed by atoms with Crippen molar-refractivity contribution >= 4 is 22.3 Å². The smallest absolute Gasteiger partial charge is 0.280 e. The molecular formula is C15H12N3O+. The van der Waals surface area contributed by atoms with Crippen LogP contribution in [0.2, 0.25) is 0 Å². The number of rotatable bonds is 2. The molecule has 19 heavy (non-hydrogen) atoms. The number of fused-ring (bicyclic) bond motifs is 1. The molecule has 1 aromatic heterocycles. The van der Waals surface area contributed by atoms with Gasteiger partial charge in [0, 0.05) is 17.6 Å². The van der Waals surface area contributed by atoms with Crippen molar-refractivity contribution in [2.24, 2.45) is 10.2 Å². The summed E-state index contributed by atoms with van der Waals surface area (Å²) in [6, 6.07) is 16.8. The molecule has 2 N–H and O–H groups in total. The minimum Gasteiger partial charge on any atom is -0.592 e. The normalized spacial score (nSPS) is 11.2. The zero-order chi connectivity index (χ0) is 13.1. The van der Waals surface area contributed by atoms with E-state index in [0.717, 1.165) is 16.8 Å². The monoisotopic (exact) mass is 250 g/mol. The van der Waals surface area contributed by atoms with Gasteiger partial charge in [-0.3, -0.25) is 0 Å². The number of aromatic nitrogens is 1. The van der Waals surface area contributed by atoms with E-state index < -0.39 is 0 Å². The van der Waals surface area contributed by atoms with E-state index >= 15 is 0 Å². The lowest BCUT2D eigenvalue weighted by Crippen LogP contribution is -1.79. The summed E-state index contributed by atoms with van der Waals surface area (Å²) in [6.07, 6.45) is 1.68. The van der Waals surface area contributed by atoms with Gasteiger partial charge in [0.25, 0.3) is 5.75 Å². The van der Waals surface area contributed by atoms with Crippen molar-refractivity contribution in [2.45, 2.75) is 0 Å². The quantitative estimate of drug-likeness (QED) is 0.499. The van der Waals surface area contributed by atoms with Crippen LogP contribution in [0.1, 0.15) is 0 Å². The third kappa shape index (κ3) is 2.28. The molecule has 0 fully saturated rings. The lowest BCUT2D eigenvalue weighted by Gasteiger charge is -2.00. The summed E-state index contributed by atoms with van der Waals surface area (Å²) in [4.78, 5) is 4.21. The first-order valence-corrected chi connectivity index (χ1v) is 5.91. The van der Waals surface area contributed by atoms with Crippen molar-refractivity contribution in [2.75, 3.05) is 0 Å². The zero-order valence-corrected chi connectivity index (χ0v) is 10.1.